The standard InChI is InChI=1S/C22H29N3O3/c23-21(26)19-3-1-2-17-4-5-18(24-20(17)19)14-16-6-10-25(11-7-16)15-22(27)8-12-28-13-9-22/h1-5,16,27H,6-15H2,(H2,23,26). The largest absolute Gasteiger partial charge is 0.388 e. The van der Waals surface area contributed by atoms with Crippen molar-refractivity contribution in [1.29, 1.82) is 0 Å². The van der Waals surface area contributed by atoms with Crippen LogP contribution in [0.25, 0.3) is 10.9 Å². The van der Waals surface area contributed by atoms with Gasteiger partial charge in [-0.15, -0.1) is 0 Å². The summed E-state index contributed by atoms with van der Waals surface area (Å²) in [5, 5.41) is 11.7. The summed E-state index contributed by atoms with van der Waals surface area (Å²) in [6.07, 6.45) is 4.58. The molecule has 0 atom stereocenters. The number of aliphatic hydroxyl groups is 1. The van der Waals surface area contributed by atoms with Gasteiger partial charge in [-0.05, 0) is 50.4 Å². The number of aromatic nitrogens is 1. The second-order valence-electron chi connectivity index (χ2n) is 8.30. The van der Waals surface area contributed by atoms with Crippen LogP contribution in [0.15, 0.2) is 30.3 Å². The van der Waals surface area contributed by atoms with Gasteiger partial charge in [0, 0.05) is 43.7 Å². The number of benzene rings is 1. The number of pyridine rings is 1. The van der Waals surface area contributed by atoms with Gasteiger partial charge in [0.25, 0.3) is 5.91 Å². The number of rotatable bonds is 5. The van der Waals surface area contributed by atoms with E-state index in [9.17, 15) is 9.90 Å². The molecule has 0 unspecified atom stereocenters. The summed E-state index contributed by atoms with van der Waals surface area (Å²) < 4.78 is 5.38. The molecule has 150 valence electrons. The van der Waals surface area contributed by atoms with E-state index in [-0.39, 0.29) is 0 Å². The Morgan fingerprint density at radius 3 is 2.68 bits per heavy atom. The molecule has 6 nitrogen and oxygen atoms in total. The fourth-order valence-corrected chi connectivity index (χ4v) is 4.47. The lowest BCUT2D eigenvalue weighted by Gasteiger charge is -2.39. The summed E-state index contributed by atoms with van der Waals surface area (Å²) in [6, 6.07) is 9.62. The smallest absolute Gasteiger partial charge is 0.250 e. The summed E-state index contributed by atoms with van der Waals surface area (Å²) in [5.74, 6) is 0.140. The number of fused-ring (bicyclic) bond motifs is 1. The predicted molar refractivity (Wildman–Crippen MR) is 108 cm³/mol. The van der Waals surface area contributed by atoms with Gasteiger partial charge in [-0.25, -0.2) is 0 Å². The van der Waals surface area contributed by atoms with E-state index in [0.29, 0.717) is 30.2 Å². The Kier molecular flexibility index (Phi) is 5.62. The average Bonchev–Trinajstić information content (AvgIpc) is 2.69. The van der Waals surface area contributed by atoms with Gasteiger partial charge in [0.15, 0.2) is 0 Å². The van der Waals surface area contributed by atoms with E-state index in [2.05, 4.69) is 11.0 Å². The molecular weight excluding hydrogens is 354 g/mol. The number of amides is 1. The van der Waals surface area contributed by atoms with Crippen LogP contribution in [0.2, 0.25) is 0 Å². The Morgan fingerprint density at radius 2 is 1.96 bits per heavy atom. The first-order chi connectivity index (χ1) is 13.5. The van der Waals surface area contributed by atoms with Gasteiger partial charge in [0.1, 0.15) is 0 Å². The zero-order chi connectivity index (χ0) is 19.6. The van der Waals surface area contributed by atoms with Gasteiger partial charge in [-0.2, -0.15) is 0 Å². The van der Waals surface area contributed by atoms with Crippen LogP contribution in [0, 0.1) is 5.92 Å². The van der Waals surface area contributed by atoms with Crippen molar-refractivity contribution in [3.8, 4) is 0 Å². The number of β-amino-alcohol motifs (C(OH)–C–C–N with tert-alkyl or cyclic N) is 1. The molecule has 0 aliphatic carbocycles. The molecule has 6 heteroatoms. The van der Waals surface area contributed by atoms with E-state index >= 15 is 0 Å². The molecule has 2 aliphatic rings. The zero-order valence-corrected chi connectivity index (χ0v) is 16.3. The monoisotopic (exact) mass is 383 g/mol. The number of ether oxygens (including phenoxy) is 1. The number of hydrogen-bond donors (Lipinski definition) is 2. The van der Waals surface area contributed by atoms with Crippen LogP contribution in [0.4, 0.5) is 0 Å². The van der Waals surface area contributed by atoms with Crippen molar-refractivity contribution in [2.24, 2.45) is 11.7 Å². The molecule has 4 rings (SSSR count). The van der Waals surface area contributed by atoms with Gasteiger partial charge >= 0.3 is 0 Å². The van der Waals surface area contributed by atoms with E-state index in [0.717, 1.165) is 62.8 Å². The van der Waals surface area contributed by atoms with Crippen molar-refractivity contribution < 1.29 is 14.6 Å². The summed E-state index contributed by atoms with van der Waals surface area (Å²) in [6.45, 7) is 4.09. The molecular formula is C22H29N3O3. The van der Waals surface area contributed by atoms with Crippen molar-refractivity contribution in [1.82, 2.24) is 9.88 Å². The number of carbonyl (C=O) groups excluding carboxylic acids is 1. The second kappa shape index (κ2) is 8.15. The number of piperidine rings is 1. The maximum Gasteiger partial charge on any atom is 0.250 e. The lowest BCUT2D eigenvalue weighted by Crippen LogP contribution is -2.49. The number of nitrogens with two attached hydrogens (primary N) is 1. The fourth-order valence-electron chi connectivity index (χ4n) is 4.47. The van der Waals surface area contributed by atoms with E-state index < -0.39 is 11.5 Å². The Balaban J connectivity index is 1.37. The summed E-state index contributed by atoms with van der Waals surface area (Å²) in [5.41, 5.74) is 7.12. The van der Waals surface area contributed by atoms with Gasteiger partial charge < -0.3 is 20.5 Å². The van der Waals surface area contributed by atoms with E-state index in [4.69, 9.17) is 15.5 Å². The van der Waals surface area contributed by atoms with Gasteiger partial charge in [-0.3, -0.25) is 9.78 Å². The van der Waals surface area contributed by atoms with Crippen LogP contribution in [0.5, 0.6) is 0 Å². The maximum absolute atomic E-state index is 11.7. The molecule has 3 N–H and O–H groups in total. The molecule has 28 heavy (non-hydrogen) atoms. The Morgan fingerprint density at radius 1 is 1.21 bits per heavy atom. The first-order valence-electron chi connectivity index (χ1n) is 10.2. The Hall–Kier alpha value is -2.02. The summed E-state index contributed by atoms with van der Waals surface area (Å²) >= 11 is 0. The number of likely N-dealkylation sites (tertiary alicyclic amines) is 1. The lowest BCUT2D eigenvalue weighted by molar-refractivity contribution is -0.0829. The lowest BCUT2D eigenvalue weighted by atomic mass is 9.89. The molecule has 0 saturated carbocycles. The average molecular weight is 383 g/mol. The number of primary amides is 1. The highest BCUT2D eigenvalue weighted by Gasteiger charge is 2.33. The van der Waals surface area contributed by atoms with Crippen LogP contribution in [-0.4, -0.2) is 59.3 Å². The summed E-state index contributed by atoms with van der Waals surface area (Å²) in [4.78, 5) is 18.8. The molecule has 2 fully saturated rings. The third kappa shape index (κ3) is 4.35. The van der Waals surface area contributed by atoms with E-state index in [1.807, 2.05) is 18.2 Å². The van der Waals surface area contributed by atoms with Crippen LogP contribution < -0.4 is 5.73 Å². The highest BCUT2D eigenvalue weighted by molar-refractivity contribution is 6.04. The number of carbonyl (C=O) groups is 1. The number of para-hydroxylation sites is 1. The van der Waals surface area contributed by atoms with Crippen molar-refractivity contribution in [2.45, 2.75) is 37.7 Å². The van der Waals surface area contributed by atoms with Gasteiger partial charge in [0.05, 0.1) is 16.7 Å². The molecule has 1 aromatic carbocycles. The third-order valence-corrected chi connectivity index (χ3v) is 6.19. The van der Waals surface area contributed by atoms with Crippen LogP contribution in [0.1, 0.15) is 41.7 Å². The molecule has 1 amide bonds. The molecule has 0 spiro atoms. The summed E-state index contributed by atoms with van der Waals surface area (Å²) in [7, 11) is 0. The molecule has 2 aliphatic heterocycles. The zero-order valence-electron chi connectivity index (χ0n) is 16.3. The minimum absolute atomic E-state index is 0.436. The second-order valence-corrected chi connectivity index (χ2v) is 8.30. The highest BCUT2D eigenvalue weighted by atomic mass is 16.5. The van der Waals surface area contributed by atoms with Crippen molar-refractivity contribution in [2.75, 3.05) is 32.8 Å². The first-order valence-corrected chi connectivity index (χ1v) is 10.2. The maximum atomic E-state index is 11.7. The van der Waals surface area contributed by atoms with Gasteiger partial charge in [0.2, 0.25) is 0 Å². The molecule has 2 aromatic rings. The fraction of sp³-hybridized carbons (Fsp3) is 0.545. The molecule has 0 bridgehead atoms. The minimum atomic E-state index is -0.587. The topological polar surface area (TPSA) is 88.7 Å². The highest BCUT2D eigenvalue weighted by Crippen LogP contribution is 2.27. The van der Waals surface area contributed by atoms with Crippen molar-refractivity contribution in [3.63, 3.8) is 0 Å². The van der Waals surface area contributed by atoms with Crippen molar-refractivity contribution >= 4 is 16.8 Å². The van der Waals surface area contributed by atoms with Crippen LogP contribution in [0.3, 0.4) is 0 Å². The minimum Gasteiger partial charge on any atom is -0.388 e. The van der Waals surface area contributed by atoms with Gasteiger partial charge in [-0.1, -0.05) is 18.2 Å². The first kappa shape index (κ1) is 19.3. The predicted octanol–water partition coefficient (Wildman–Crippen LogP) is 2.13. The molecule has 0 radical (unpaired) electrons. The van der Waals surface area contributed by atoms with E-state index in [1.165, 1.54) is 0 Å². The SMILES string of the molecule is NC(=O)c1cccc2ccc(CC3CCN(CC4(O)CCOCC4)CC3)nc12. The number of hydrogen-bond acceptors (Lipinski definition) is 5. The third-order valence-electron chi connectivity index (χ3n) is 6.19. The molecule has 1 aromatic heterocycles. The molecule has 3 heterocycles. The Bertz CT molecular complexity index is 840. The molecule has 2 saturated heterocycles. The normalized spacial score (nSPS) is 21.0. The Labute approximate surface area is 165 Å². The van der Waals surface area contributed by atoms with Crippen LogP contribution in [-0.2, 0) is 11.2 Å². The van der Waals surface area contributed by atoms with E-state index in [1.54, 1.807) is 6.07 Å². The number of nitrogens with zero attached hydrogens (tertiary/aromatic N) is 2. The van der Waals surface area contributed by atoms with Crippen LogP contribution >= 0.6 is 0 Å². The quantitative estimate of drug-likeness (QED) is 0.826. The van der Waals surface area contributed by atoms with Crippen molar-refractivity contribution in [3.05, 3.63) is 41.6 Å².